The van der Waals surface area contributed by atoms with Crippen LogP contribution < -0.4 is 19.7 Å². The monoisotopic (exact) mass is 550 g/mol. The standard InChI is InChI=1S/C31H29F3N2O4/c1-3-16-40-27-11-7-4-8-22(27)20-17-24-28(26(37)18-20)29(19-12-14-21(39-2)15-13-19)36(30(38)31(32,33)34)25-10-6-5-9-23(25)35-24/h4-15,20,29,35H,3,16-18H2,1-2H3/t20-,29-/m0/s1. The van der Waals surface area contributed by atoms with Crippen LogP contribution >= 0.6 is 0 Å². The Balaban J connectivity index is 1.69. The predicted molar refractivity (Wildman–Crippen MR) is 146 cm³/mol. The van der Waals surface area contributed by atoms with Crippen molar-refractivity contribution in [2.24, 2.45) is 0 Å². The normalized spacial score (nSPS) is 18.8. The van der Waals surface area contributed by atoms with E-state index >= 15 is 0 Å². The highest BCUT2D eigenvalue weighted by atomic mass is 19.4. The van der Waals surface area contributed by atoms with Gasteiger partial charge in [0.1, 0.15) is 11.5 Å². The molecule has 208 valence electrons. The van der Waals surface area contributed by atoms with E-state index < -0.39 is 18.1 Å². The highest BCUT2D eigenvalue weighted by Gasteiger charge is 2.50. The Bertz CT molecular complexity index is 1450. The number of rotatable bonds is 6. The Labute approximate surface area is 230 Å². The molecule has 5 rings (SSSR count). The lowest BCUT2D eigenvalue weighted by Crippen LogP contribution is -2.45. The van der Waals surface area contributed by atoms with Gasteiger partial charge in [0.25, 0.3) is 0 Å². The first-order chi connectivity index (χ1) is 19.2. The molecule has 3 aromatic carbocycles. The zero-order valence-electron chi connectivity index (χ0n) is 22.1. The molecular formula is C31H29F3N2O4. The van der Waals surface area contributed by atoms with Gasteiger partial charge >= 0.3 is 12.1 Å². The molecule has 1 aliphatic heterocycles. The summed E-state index contributed by atoms with van der Waals surface area (Å²) in [6, 6.07) is 18.9. The SMILES string of the molecule is CCCOc1ccccc1[C@@H]1CC(=O)C2=C(C1)Nc1ccccc1N(C(=O)C(F)(F)F)[C@H]2c1ccc(OC)cc1. The molecule has 1 heterocycles. The van der Waals surface area contributed by atoms with Crippen molar-refractivity contribution in [1.82, 2.24) is 0 Å². The summed E-state index contributed by atoms with van der Waals surface area (Å²) < 4.78 is 53.4. The fourth-order valence-corrected chi connectivity index (χ4v) is 5.43. The predicted octanol–water partition coefficient (Wildman–Crippen LogP) is 6.95. The number of anilines is 2. The fraction of sp³-hybridized carbons (Fsp3) is 0.290. The fourth-order valence-electron chi connectivity index (χ4n) is 5.43. The van der Waals surface area contributed by atoms with E-state index in [9.17, 15) is 22.8 Å². The number of carbonyl (C=O) groups is 2. The number of methoxy groups -OCH3 is 1. The van der Waals surface area contributed by atoms with E-state index in [-0.39, 0.29) is 29.4 Å². The van der Waals surface area contributed by atoms with Crippen molar-refractivity contribution >= 4 is 23.1 Å². The largest absolute Gasteiger partial charge is 0.497 e. The van der Waals surface area contributed by atoms with E-state index in [1.165, 1.54) is 13.2 Å². The second-order valence-electron chi connectivity index (χ2n) is 9.80. The van der Waals surface area contributed by atoms with Crippen molar-refractivity contribution in [1.29, 1.82) is 0 Å². The number of carbonyl (C=O) groups excluding carboxylic acids is 2. The van der Waals surface area contributed by atoms with Gasteiger partial charge in [-0.1, -0.05) is 49.4 Å². The van der Waals surface area contributed by atoms with Crippen LogP contribution in [0.2, 0.25) is 0 Å². The number of alkyl halides is 3. The molecule has 6 nitrogen and oxygen atoms in total. The van der Waals surface area contributed by atoms with E-state index in [2.05, 4.69) is 5.32 Å². The van der Waals surface area contributed by atoms with Crippen LogP contribution in [-0.4, -0.2) is 31.6 Å². The van der Waals surface area contributed by atoms with Crippen LogP contribution in [0.25, 0.3) is 0 Å². The summed E-state index contributed by atoms with van der Waals surface area (Å²) in [6.07, 6.45) is -3.94. The van der Waals surface area contributed by atoms with Crippen LogP contribution in [0.3, 0.4) is 0 Å². The number of hydrogen-bond donors (Lipinski definition) is 1. The van der Waals surface area contributed by atoms with Crippen molar-refractivity contribution in [3.05, 3.63) is 95.2 Å². The Morgan fingerprint density at radius 2 is 1.70 bits per heavy atom. The lowest BCUT2D eigenvalue weighted by atomic mass is 9.78. The molecule has 2 aliphatic rings. The molecule has 1 N–H and O–H groups in total. The molecule has 40 heavy (non-hydrogen) atoms. The van der Waals surface area contributed by atoms with E-state index in [1.54, 1.807) is 42.5 Å². The maximum Gasteiger partial charge on any atom is 0.471 e. The van der Waals surface area contributed by atoms with Crippen LogP contribution in [0.15, 0.2) is 84.1 Å². The number of ether oxygens (including phenoxy) is 2. The number of amides is 1. The van der Waals surface area contributed by atoms with Gasteiger partial charge < -0.3 is 14.8 Å². The number of hydrogen-bond acceptors (Lipinski definition) is 5. The number of para-hydroxylation sites is 3. The van der Waals surface area contributed by atoms with Crippen molar-refractivity contribution in [2.45, 2.75) is 44.3 Å². The number of fused-ring (bicyclic) bond motifs is 1. The summed E-state index contributed by atoms with van der Waals surface area (Å²) in [7, 11) is 1.48. The Hall–Kier alpha value is -4.27. The smallest absolute Gasteiger partial charge is 0.471 e. The molecule has 0 aromatic heterocycles. The average Bonchev–Trinajstić information content (AvgIpc) is 3.10. The van der Waals surface area contributed by atoms with Gasteiger partial charge in [0, 0.05) is 23.6 Å². The minimum Gasteiger partial charge on any atom is -0.497 e. The molecule has 0 unspecified atom stereocenters. The number of halogens is 3. The summed E-state index contributed by atoms with van der Waals surface area (Å²) in [5, 5.41) is 3.24. The lowest BCUT2D eigenvalue weighted by Gasteiger charge is -2.35. The molecule has 1 aliphatic carbocycles. The van der Waals surface area contributed by atoms with E-state index in [1.807, 2.05) is 31.2 Å². The molecular weight excluding hydrogens is 521 g/mol. The van der Waals surface area contributed by atoms with Crippen molar-refractivity contribution < 1.29 is 32.2 Å². The molecule has 1 amide bonds. The van der Waals surface area contributed by atoms with Crippen LogP contribution in [0, 0.1) is 0 Å². The Kier molecular flexibility index (Phi) is 7.56. The third kappa shape index (κ3) is 5.15. The lowest BCUT2D eigenvalue weighted by molar-refractivity contribution is -0.170. The highest BCUT2D eigenvalue weighted by Crippen LogP contribution is 2.49. The molecule has 3 aromatic rings. The molecule has 0 fully saturated rings. The van der Waals surface area contributed by atoms with Crippen LogP contribution in [0.5, 0.6) is 11.5 Å². The number of nitrogens with zero attached hydrogens (tertiary/aromatic N) is 1. The number of allylic oxidation sites excluding steroid dienone is 1. The summed E-state index contributed by atoms with van der Waals surface area (Å²) >= 11 is 0. The second-order valence-corrected chi connectivity index (χ2v) is 9.80. The molecule has 0 saturated carbocycles. The Morgan fingerprint density at radius 1 is 1.00 bits per heavy atom. The maximum absolute atomic E-state index is 14.1. The first-order valence-corrected chi connectivity index (χ1v) is 13.1. The average molecular weight is 551 g/mol. The van der Waals surface area contributed by atoms with Gasteiger partial charge in [-0.15, -0.1) is 0 Å². The van der Waals surface area contributed by atoms with Gasteiger partial charge in [0.2, 0.25) is 0 Å². The number of Topliss-reactive ketones (excluding diaryl/α,β-unsaturated/α-hetero) is 1. The zero-order chi connectivity index (χ0) is 28.4. The summed E-state index contributed by atoms with van der Waals surface area (Å²) in [5.74, 6) is -1.47. The quantitative estimate of drug-likeness (QED) is 0.360. The number of ketones is 1. The highest BCUT2D eigenvalue weighted by molar-refractivity contribution is 6.07. The van der Waals surface area contributed by atoms with Gasteiger partial charge in [-0.05, 0) is 54.3 Å². The molecule has 0 radical (unpaired) electrons. The molecule has 9 heteroatoms. The Morgan fingerprint density at radius 3 is 2.40 bits per heavy atom. The van der Waals surface area contributed by atoms with Gasteiger partial charge in [-0.25, -0.2) is 0 Å². The summed E-state index contributed by atoms with van der Waals surface area (Å²) in [6.45, 7) is 2.52. The van der Waals surface area contributed by atoms with Gasteiger partial charge in [0.05, 0.1) is 31.1 Å². The zero-order valence-corrected chi connectivity index (χ0v) is 22.1. The van der Waals surface area contributed by atoms with E-state index in [0.29, 0.717) is 46.4 Å². The number of nitrogens with one attached hydrogen (secondary N) is 1. The first kappa shape index (κ1) is 27.3. The molecule has 0 bridgehead atoms. The van der Waals surface area contributed by atoms with Crippen LogP contribution in [0.4, 0.5) is 24.5 Å². The second kappa shape index (κ2) is 11.1. The van der Waals surface area contributed by atoms with E-state index in [0.717, 1.165) is 12.0 Å². The van der Waals surface area contributed by atoms with Gasteiger partial charge in [-0.2, -0.15) is 13.2 Å². The number of benzene rings is 3. The van der Waals surface area contributed by atoms with Crippen LogP contribution in [-0.2, 0) is 9.59 Å². The maximum atomic E-state index is 14.1. The first-order valence-electron chi connectivity index (χ1n) is 13.1. The summed E-state index contributed by atoms with van der Waals surface area (Å²) in [4.78, 5) is 27.7. The summed E-state index contributed by atoms with van der Waals surface area (Å²) in [5.41, 5.74) is 2.20. The van der Waals surface area contributed by atoms with Crippen molar-refractivity contribution in [2.75, 3.05) is 23.9 Å². The minimum absolute atomic E-state index is 0.0380. The third-order valence-corrected chi connectivity index (χ3v) is 7.20. The third-order valence-electron chi connectivity index (χ3n) is 7.20. The van der Waals surface area contributed by atoms with Crippen molar-refractivity contribution in [3.63, 3.8) is 0 Å². The minimum atomic E-state index is -5.17. The van der Waals surface area contributed by atoms with Gasteiger partial charge in [-0.3, -0.25) is 14.5 Å². The van der Waals surface area contributed by atoms with Gasteiger partial charge in [0.15, 0.2) is 5.78 Å². The topological polar surface area (TPSA) is 67.9 Å². The molecule has 0 spiro atoms. The molecule has 0 saturated heterocycles. The van der Waals surface area contributed by atoms with Crippen LogP contribution in [0.1, 0.15) is 49.3 Å². The van der Waals surface area contributed by atoms with E-state index in [4.69, 9.17) is 9.47 Å². The molecule has 2 atom stereocenters. The van der Waals surface area contributed by atoms with Crippen molar-refractivity contribution in [3.8, 4) is 11.5 Å².